The monoisotopic (exact) mass is 231 g/mol. The second kappa shape index (κ2) is 3.97. The van der Waals surface area contributed by atoms with Crippen molar-refractivity contribution in [1.29, 1.82) is 0 Å². The Labute approximate surface area is 91.4 Å². The Kier molecular flexibility index (Phi) is 2.80. The van der Waals surface area contributed by atoms with Crippen molar-refractivity contribution in [2.24, 2.45) is 0 Å². The maximum Gasteiger partial charge on any atom is 0.416 e. The Balaban J connectivity index is 2.28. The molecule has 5 heteroatoms. The largest absolute Gasteiger partial charge is 0.416 e. The minimum absolute atomic E-state index is 0.0317. The van der Waals surface area contributed by atoms with Gasteiger partial charge in [-0.15, -0.1) is 0 Å². The Bertz CT molecular complexity index is 389. The maximum absolute atomic E-state index is 12.4. The van der Waals surface area contributed by atoms with E-state index in [2.05, 4.69) is 5.32 Å². The lowest BCUT2D eigenvalue weighted by molar-refractivity contribution is -0.137. The number of halogens is 3. The van der Waals surface area contributed by atoms with E-state index in [1.807, 2.05) is 0 Å². The van der Waals surface area contributed by atoms with Crippen LogP contribution >= 0.6 is 0 Å². The predicted octanol–water partition coefficient (Wildman–Crippen LogP) is 2.69. The summed E-state index contributed by atoms with van der Waals surface area (Å²) in [5.74, 6) is 0. The Morgan fingerprint density at radius 1 is 1.38 bits per heavy atom. The molecule has 0 saturated carbocycles. The van der Waals surface area contributed by atoms with E-state index in [0.29, 0.717) is 18.7 Å². The molecule has 1 aliphatic heterocycles. The molecule has 0 radical (unpaired) electrons. The van der Waals surface area contributed by atoms with Crippen LogP contribution in [0.3, 0.4) is 0 Å². The Morgan fingerprint density at radius 2 is 2.12 bits per heavy atom. The lowest BCUT2D eigenvalue weighted by Crippen LogP contribution is -2.29. The Morgan fingerprint density at radius 3 is 2.75 bits per heavy atom. The highest BCUT2D eigenvalue weighted by Crippen LogP contribution is 2.33. The highest BCUT2D eigenvalue weighted by molar-refractivity contribution is 5.56. The highest BCUT2D eigenvalue weighted by Gasteiger charge is 2.31. The van der Waals surface area contributed by atoms with E-state index < -0.39 is 11.7 Å². The fourth-order valence-electron chi connectivity index (χ4n) is 1.80. The fraction of sp³-hybridized carbons (Fsp3) is 0.455. The number of benzene rings is 1. The highest BCUT2D eigenvalue weighted by atomic mass is 19.4. The molecule has 0 spiro atoms. The third-order valence-electron chi connectivity index (χ3n) is 2.74. The van der Waals surface area contributed by atoms with Gasteiger partial charge in [0.05, 0.1) is 11.7 Å². The van der Waals surface area contributed by atoms with Crippen molar-refractivity contribution in [1.82, 2.24) is 0 Å². The van der Waals surface area contributed by atoms with Gasteiger partial charge in [-0.3, -0.25) is 0 Å². The van der Waals surface area contributed by atoms with Gasteiger partial charge in [0, 0.05) is 25.8 Å². The molecule has 1 aliphatic rings. The van der Waals surface area contributed by atoms with Crippen molar-refractivity contribution in [2.45, 2.75) is 18.7 Å². The summed E-state index contributed by atoms with van der Waals surface area (Å²) in [6, 6.07) is 3.77. The number of methoxy groups -OCH3 is 1. The van der Waals surface area contributed by atoms with Crippen LogP contribution in [-0.4, -0.2) is 19.8 Å². The van der Waals surface area contributed by atoms with Crippen LogP contribution in [0.5, 0.6) is 0 Å². The molecule has 1 N–H and O–H groups in total. The molecule has 88 valence electrons. The lowest BCUT2D eigenvalue weighted by Gasteiger charge is -2.25. The molecule has 0 bridgehead atoms. The third kappa shape index (κ3) is 2.14. The number of nitrogens with one attached hydrogen (secondary N) is 1. The molecule has 0 fully saturated rings. The molecule has 1 atom stereocenters. The van der Waals surface area contributed by atoms with Crippen LogP contribution in [-0.2, 0) is 17.3 Å². The molecule has 1 aromatic rings. The van der Waals surface area contributed by atoms with Crippen LogP contribution in [0.2, 0.25) is 0 Å². The molecule has 0 saturated heterocycles. The quantitative estimate of drug-likeness (QED) is 0.802. The molecular formula is C11H12F3NO. The molecule has 0 aromatic heterocycles. The first-order chi connectivity index (χ1) is 7.50. The number of alkyl halides is 3. The normalized spacial score (nSPS) is 20.1. The van der Waals surface area contributed by atoms with Crippen molar-refractivity contribution in [3.63, 3.8) is 0 Å². The molecule has 2 nitrogen and oxygen atoms in total. The summed E-state index contributed by atoms with van der Waals surface area (Å²) in [4.78, 5) is 0. The van der Waals surface area contributed by atoms with E-state index in [1.54, 1.807) is 7.11 Å². The maximum atomic E-state index is 12.4. The predicted molar refractivity (Wildman–Crippen MR) is 54.4 cm³/mol. The first-order valence-electron chi connectivity index (χ1n) is 4.97. The molecular weight excluding hydrogens is 219 g/mol. The van der Waals surface area contributed by atoms with Crippen LogP contribution in [0.1, 0.15) is 11.1 Å². The summed E-state index contributed by atoms with van der Waals surface area (Å²) < 4.78 is 42.5. The van der Waals surface area contributed by atoms with Gasteiger partial charge in [-0.1, -0.05) is 6.07 Å². The van der Waals surface area contributed by atoms with Crippen molar-refractivity contribution >= 4 is 5.69 Å². The van der Waals surface area contributed by atoms with E-state index in [1.165, 1.54) is 6.07 Å². The zero-order valence-electron chi connectivity index (χ0n) is 8.77. The molecule has 1 heterocycles. The van der Waals surface area contributed by atoms with Crippen LogP contribution in [0.15, 0.2) is 18.2 Å². The third-order valence-corrected chi connectivity index (χ3v) is 2.74. The van der Waals surface area contributed by atoms with Gasteiger partial charge in [-0.25, -0.2) is 0 Å². The standard InChI is InChI=1S/C11H12F3NO/c1-16-9-4-7-2-3-8(11(12,13)14)5-10(7)15-6-9/h2-3,5,9,15H,4,6H2,1H3. The van der Waals surface area contributed by atoms with Gasteiger partial charge in [0.25, 0.3) is 0 Å². The summed E-state index contributed by atoms with van der Waals surface area (Å²) in [6.07, 6.45) is -3.60. The van der Waals surface area contributed by atoms with Crippen molar-refractivity contribution < 1.29 is 17.9 Å². The average molecular weight is 231 g/mol. The molecule has 16 heavy (non-hydrogen) atoms. The van der Waals surface area contributed by atoms with Crippen LogP contribution in [0.25, 0.3) is 0 Å². The first-order valence-corrected chi connectivity index (χ1v) is 4.97. The summed E-state index contributed by atoms with van der Waals surface area (Å²) in [5, 5.41) is 2.95. The number of fused-ring (bicyclic) bond motifs is 1. The number of hydrogen-bond acceptors (Lipinski definition) is 2. The van der Waals surface area contributed by atoms with Crippen LogP contribution in [0.4, 0.5) is 18.9 Å². The molecule has 0 aliphatic carbocycles. The minimum Gasteiger partial charge on any atom is -0.382 e. The van der Waals surface area contributed by atoms with Gasteiger partial charge >= 0.3 is 6.18 Å². The van der Waals surface area contributed by atoms with E-state index in [-0.39, 0.29) is 6.10 Å². The van der Waals surface area contributed by atoms with Gasteiger partial charge in [0.15, 0.2) is 0 Å². The van der Waals surface area contributed by atoms with Gasteiger partial charge in [0.2, 0.25) is 0 Å². The number of hydrogen-bond donors (Lipinski definition) is 1. The molecule has 0 amide bonds. The van der Waals surface area contributed by atoms with Crippen molar-refractivity contribution in [3.05, 3.63) is 29.3 Å². The summed E-state index contributed by atoms with van der Waals surface area (Å²) in [6.45, 7) is 0.546. The number of anilines is 1. The minimum atomic E-state index is -4.28. The number of ether oxygens (including phenoxy) is 1. The first kappa shape index (κ1) is 11.3. The second-order valence-electron chi connectivity index (χ2n) is 3.81. The van der Waals surface area contributed by atoms with Gasteiger partial charge in [-0.05, 0) is 17.7 Å². The van der Waals surface area contributed by atoms with E-state index in [9.17, 15) is 13.2 Å². The number of rotatable bonds is 1. The molecule has 1 unspecified atom stereocenters. The van der Waals surface area contributed by atoms with Crippen molar-refractivity contribution in [2.75, 3.05) is 19.0 Å². The van der Waals surface area contributed by atoms with Gasteiger partial charge in [-0.2, -0.15) is 13.2 Å². The van der Waals surface area contributed by atoms with E-state index in [4.69, 9.17) is 4.74 Å². The van der Waals surface area contributed by atoms with Crippen molar-refractivity contribution in [3.8, 4) is 0 Å². The SMILES string of the molecule is COC1CNc2cc(C(F)(F)F)ccc2C1. The van der Waals surface area contributed by atoms with Crippen LogP contribution < -0.4 is 5.32 Å². The molecule has 1 aromatic carbocycles. The summed E-state index contributed by atoms with van der Waals surface area (Å²) in [7, 11) is 1.60. The summed E-state index contributed by atoms with van der Waals surface area (Å²) >= 11 is 0. The van der Waals surface area contributed by atoms with E-state index >= 15 is 0 Å². The van der Waals surface area contributed by atoms with E-state index in [0.717, 1.165) is 17.7 Å². The van der Waals surface area contributed by atoms with Crippen LogP contribution in [0, 0.1) is 0 Å². The average Bonchev–Trinajstić information content (AvgIpc) is 2.26. The zero-order chi connectivity index (χ0) is 11.8. The Hall–Kier alpha value is -1.23. The zero-order valence-corrected chi connectivity index (χ0v) is 8.77. The summed E-state index contributed by atoms with van der Waals surface area (Å²) in [5.41, 5.74) is 0.809. The molecule has 2 rings (SSSR count). The smallest absolute Gasteiger partial charge is 0.382 e. The fourth-order valence-corrected chi connectivity index (χ4v) is 1.80. The topological polar surface area (TPSA) is 21.3 Å². The van der Waals surface area contributed by atoms with Gasteiger partial charge < -0.3 is 10.1 Å². The second-order valence-corrected chi connectivity index (χ2v) is 3.81. The lowest BCUT2D eigenvalue weighted by atomic mass is 9.99. The van der Waals surface area contributed by atoms with Gasteiger partial charge in [0.1, 0.15) is 0 Å².